The number of fused-ring (bicyclic) bond motifs is 2. The van der Waals surface area contributed by atoms with Crippen molar-refractivity contribution in [3.63, 3.8) is 0 Å². The van der Waals surface area contributed by atoms with Crippen molar-refractivity contribution in [1.29, 1.82) is 0 Å². The summed E-state index contributed by atoms with van der Waals surface area (Å²) in [5, 5.41) is 2.03. The average molecular weight is 438 g/mol. The first kappa shape index (κ1) is 17.6. The van der Waals surface area contributed by atoms with Crippen molar-refractivity contribution < 1.29 is 4.74 Å². The van der Waals surface area contributed by atoms with Gasteiger partial charge in [-0.1, -0.05) is 12.1 Å². The van der Waals surface area contributed by atoms with Crippen molar-refractivity contribution in [3.05, 3.63) is 59.1 Å². The van der Waals surface area contributed by atoms with Gasteiger partial charge in [-0.25, -0.2) is 9.97 Å². The number of pyridine rings is 1. The van der Waals surface area contributed by atoms with E-state index in [1.165, 1.54) is 11.9 Å². The van der Waals surface area contributed by atoms with E-state index in [1.54, 1.807) is 0 Å². The van der Waals surface area contributed by atoms with Gasteiger partial charge in [-0.2, -0.15) is 0 Å². The monoisotopic (exact) mass is 437 g/mol. The summed E-state index contributed by atoms with van der Waals surface area (Å²) in [4.78, 5) is 12.9. The van der Waals surface area contributed by atoms with Gasteiger partial charge in [-0.3, -0.25) is 4.98 Å². The third kappa shape index (κ3) is 3.25. The maximum atomic E-state index is 6.32. The fourth-order valence-corrected chi connectivity index (χ4v) is 4.30. The summed E-state index contributed by atoms with van der Waals surface area (Å²) in [5.41, 5.74) is 9.10. The van der Waals surface area contributed by atoms with E-state index >= 15 is 0 Å². The summed E-state index contributed by atoms with van der Waals surface area (Å²) in [5.74, 6) is 0.509. The van der Waals surface area contributed by atoms with Crippen LogP contribution < -0.4 is 5.73 Å². The molecule has 4 heterocycles. The van der Waals surface area contributed by atoms with Gasteiger partial charge in [0, 0.05) is 22.3 Å². The molecule has 4 aromatic rings. The molecule has 0 spiro atoms. The van der Waals surface area contributed by atoms with Gasteiger partial charge in [0.15, 0.2) is 0 Å². The first-order valence-electron chi connectivity index (χ1n) is 9.44. The van der Waals surface area contributed by atoms with E-state index in [0.717, 1.165) is 52.1 Å². The summed E-state index contributed by atoms with van der Waals surface area (Å²) < 4.78 is 9.40. The van der Waals surface area contributed by atoms with E-state index in [1.807, 2.05) is 18.5 Å². The van der Waals surface area contributed by atoms with Crippen molar-refractivity contribution in [2.45, 2.75) is 38.0 Å². The molecule has 0 amide bonds. The molecule has 7 heteroatoms. The van der Waals surface area contributed by atoms with Crippen molar-refractivity contribution >= 4 is 43.7 Å². The SMILES string of the molecule is Nc1ncnc2c1ccn2C1CCC(CCc2ccc3cc(Br)cnc3c2)O1. The maximum Gasteiger partial charge on any atom is 0.147 e. The van der Waals surface area contributed by atoms with E-state index in [0.29, 0.717) is 5.82 Å². The van der Waals surface area contributed by atoms with E-state index in [9.17, 15) is 0 Å². The lowest BCUT2D eigenvalue weighted by Gasteiger charge is -2.16. The maximum absolute atomic E-state index is 6.32. The number of rotatable bonds is 4. The van der Waals surface area contributed by atoms with Crippen molar-refractivity contribution in [3.8, 4) is 0 Å². The van der Waals surface area contributed by atoms with Gasteiger partial charge in [0.1, 0.15) is 24.0 Å². The highest BCUT2D eigenvalue weighted by Gasteiger charge is 2.27. The zero-order chi connectivity index (χ0) is 19.1. The zero-order valence-corrected chi connectivity index (χ0v) is 16.8. The molecule has 2 N–H and O–H groups in total. The molecule has 1 aliphatic heterocycles. The third-order valence-corrected chi connectivity index (χ3v) is 5.84. The lowest BCUT2D eigenvalue weighted by molar-refractivity contribution is 0.00120. The van der Waals surface area contributed by atoms with Crippen LogP contribution in [0.3, 0.4) is 0 Å². The molecule has 0 aliphatic carbocycles. The van der Waals surface area contributed by atoms with Crippen LogP contribution in [0.1, 0.15) is 31.1 Å². The second-order valence-electron chi connectivity index (χ2n) is 7.23. The number of halogens is 1. The average Bonchev–Trinajstić information content (AvgIpc) is 3.33. The van der Waals surface area contributed by atoms with Gasteiger partial charge in [0.05, 0.1) is 17.0 Å². The highest BCUT2D eigenvalue weighted by atomic mass is 79.9. The molecule has 5 rings (SSSR count). The molecule has 2 unspecified atom stereocenters. The normalized spacial score (nSPS) is 19.6. The van der Waals surface area contributed by atoms with Crippen LogP contribution in [0.4, 0.5) is 5.82 Å². The van der Waals surface area contributed by atoms with Crippen LogP contribution in [0.25, 0.3) is 21.9 Å². The highest BCUT2D eigenvalue weighted by molar-refractivity contribution is 9.10. The molecule has 6 nitrogen and oxygen atoms in total. The number of hydrogen-bond acceptors (Lipinski definition) is 5. The van der Waals surface area contributed by atoms with Crippen LogP contribution in [0.5, 0.6) is 0 Å². The summed E-state index contributed by atoms with van der Waals surface area (Å²) in [6, 6.07) is 10.5. The number of nitrogens with two attached hydrogens (primary N) is 1. The molecule has 0 bridgehead atoms. The van der Waals surface area contributed by atoms with E-state index in [-0.39, 0.29) is 12.3 Å². The van der Waals surface area contributed by atoms with Crippen LogP contribution in [-0.2, 0) is 11.2 Å². The quantitative estimate of drug-likeness (QED) is 0.503. The minimum atomic E-state index is 0.00687. The zero-order valence-electron chi connectivity index (χ0n) is 15.3. The molecule has 1 aliphatic rings. The molecule has 1 saturated heterocycles. The van der Waals surface area contributed by atoms with E-state index in [2.05, 4.69) is 59.7 Å². The largest absolute Gasteiger partial charge is 0.383 e. The molecule has 3 aromatic heterocycles. The number of nitrogens with zero attached hydrogens (tertiary/aromatic N) is 4. The smallest absolute Gasteiger partial charge is 0.147 e. The van der Waals surface area contributed by atoms with Crippen LogP contribution in [-0.4, -0.2) is 25.6 Å². The van der Waals surface area contributed by atoms with Gasteiger partial charge in [0.25, 0.3) is 0 Å². The molecule has 0 radical (unpaired) electrons. The Morgan fingerprint density at radius 3 is 3.00 bits per heavy atom. The first-order chi connectivity index (χ1) is 13.7. The fourth-order valence-electron chi connectivity index (χ4n) is 3.95. The minimum Gasteiger partial charge on any atom is -0.383 e. The third-order valence-electron chi connectivity index (χ3n) is 5.41. The Labute approximate surface area is 170 Å². The fraction of sp³-hybridized carbons (Fsp3) is 0.286. The van der Waals surface area contributed by atoms with Gasteiger partial charge in [-0.05, 0) is 65.4 Å². The number of benzene rings is 1. The Bertz CT molecular complexity index is 1160. The van der Waals surface area contributed by atoms with Gasteiger partial charge in [0.2, 0.25) is 0 Å². The topological polar surface area (TPSA) is 78.9 Å². The van der Waals surface area contributed by atoms with Crippen LogP contribution in [0.15, 0.2) is 53.5 Å². The lowest BCUT2D eigenvalue weighted by Crippen LogP contribution is -2.12. The predicted octanol–water partition coefficient (Wildman–Crippen LogP) is 4.63. The standard InChI is InChI=1S/C21H20BrN5O/c22-15-10-14-3-1-13(9-18(14)24-11-15)2-4-16-5-6-19(28-16)27-8-7-17-20(23)25-12-26-21(17)27/h1,3,7-12,16,19H,2,4-6H2,(H2,23,25,26). The summed E-state index contributed by atoms with van der Waals surface area (Å²) in [6.45, 7) is 0. The Hall–Kier alpha value is -2.51. The number of hydrogen-bond donors (Lipinski definition) is 1. The molecule has 0 saturated carbocycles. The van der Waals surface area contributed by atoms with Crippen LogP contribution >= 0.6 is 15.9 Å². The number of ether oxygens (including phenoxy) is 1. The molecular formula is C21H20BrN5O. The molecular weight excluding hydrogens is 418 g/mol. The molecule has 28 heavy (non-hydrogen) atoms. The number of nitrogen functional groups attached to an aromatic ring is 1. The van der Waals surface area contributed by atoms with E-state index in [4.69, 9.17) is 10.5 Å². The Morgan fingerprint density at radius 1 is 1.14 bits per heavy atom. The molecule has 1 aromatic carbocycles. The highest BCUT2D eigenvalue weighted by Crippen LogP contribution is 2.33. The second-order valence-corrected chi connectivity index (χ2v) is 8.14. The summed E-state index contributed by atoms with van der Waals surface area (Å²) in [6.07, 6.45) is 9.59. The summed E-state index contributed by atoms with van der Waals surface area (Å²) in [7, 11) is 0. The van der Waals surface area contributed by atoms with Gasteiger partial charge < -0.3 is 15.0 Å². The molecule has 1 fully saturated rings. The molecule has 2 atom stereocenters. The number of aryl methyl sites for hydroxylation is 1. The van der Waals surface area contributed by atoms with Crippen molar-refractivity contribution in [1.82, 2.24) is 19.5 Å². The van der Waals surface area contributed by atoms with E-state index < -0.39 is 0 Å². The number of aromatic nitrogens is 4. The Balaban J connectivity index is 1.26. The van der Waals surface area contributed by atoms with Crippen LogP contribution in [0.2, 0.25) is 0 Å². The molecule has 142 valence electrons. The second kappa shape index (κ2) is 7.14. The lowest BCUT2D eigenvalue weighted by atomic mass is 10.0. The number of anilines is 1. The minimum absolute atomic E-state index is 0.00687. The predicted molar refractivity (Wildman–Crippen MR) is 113 cm³/mol. The Kier molecular flexibility index (Phi) is 4.49. The first-order valence-corrected chi connectivity index (χ1v) is 10.2. The Morgan fingerprint density at radius 2 is 2.07 bits per heavy atom. The van der Waals surface area contributed by atoms with Crippen LogP contribution in [0, 0.1) is 0 Å². The van der Waals surface area contributed by atoms with Gasteiger partial charge >= 0.3 is 0 Å². The van der Waals surface area contributed by atoms with Gasteiger partial charge in [-0.15, -0.1) is 0 Å². The van der Waals surface area contributed by atoms with Crippen molar-refractivity contribution in [2.75, 3.05) is 5.73 Å². The van der Waals surface area contributed by atoms with Crippen molar-refractivity contribution in [2.24, 2.45) is 0 Å². The summed E-state index contributed by atoms with van der Waals surface area (Å²) >= 11 is 3.47.